The van der Waals surface area contributed by atoms with Gasteiger partial charge in [0.05, 0.1) is 4.90 Å². The van der Waals surface area contributed by atoms with Crippen molar-refractivity contribution in [3.8, 4) is 0 Å². The van der Waals surface area contributed by atoms with E-state index in [-0.39, 0.29) is 22.8 Å². The normalized spacial score (nSPS) is 16.4. The summed E-state index contributed by atoms with van der Waals surface area (Å²) >= 11 is 0. The van der Waals surface area contributed by atoms with Crippen LogP contribution in [0.1, 0.15) is 38.3 Å². The monoisotopic (exact) mass is 400 g/mol. The van der Waals surface area contributed by atoms with E-state index in [1.54, 1.807) is 24.3 Å². The third-order valence-corrected chi connectivity index (χ3v) is 6.46. The molecule has 6 heteroatoms. The molecule has 0 unspecified atom stereocenters. The van der Waals surface area contributed by atoms with Crippen LogP contribution in [0.25, 0.3) is 0 Å². The Balaban J connectivity index is 1.62. The second-order valence-electron chi connectivity index (χ2n) is 7.84. The largest absolute Gasteiger partial charge is 0.309 e. The zero-order valence-electron chi connectivity index (χ0n) is 16.7. The number of nitrogens with zero attached hydrogens (tertiary/aromatic N) is 1. The van der Waals surface area contributed by atoms with Gasteiger partial charge in [-0.05, 0) is 55.0 Å². The Morgan fingerprint density at radius 1 is 1.14 bits per heavy atom. The maximum absolute atomic E-state index is 12.8. The van der Waals surface area contributed by atoms with Gasteiger partial charge in [0.25, 0.3) is 0 Å². The van der Waals surface area contributed by atoms with Crippen molar-refractivity contribution in [3.05, 3.63) is 59.7 Å². The minimum Gasteiger partial charge on any atom is -0.309 e. The number of rotatable bonds is 7. The summed E-state index contributed by atoms with van der Waals surface area (Å²) in [5.41, 5.74) is 3.18. The number of benzene rings is 2. The summed E-state index contributed by atoms with van der Waals surface area (Å²) in [4.78, 5) is 14.9. The first-order chi connectivity index (χ1) is 13.3. The highest BCUT2D eigenvalue weighted by molar-refractivity contribution is 7.89. The summed E-state index contributed by atoms with van der Waals surface area (Å²) in [6, 6.07) is 15.0. The molecule has 0 aromatic heterocycles. The van der Waals surface area contributed by atoms with Crippen molar-refractivity contribution in [1.29, 1.82) is 0 Å². The first-order valence-electron chi connectivity index (χ1n) is 9.76. The van der Waals surface area contributed by atoms with Gasteiger partial charge in [0.2, 0.25) is 15.9 Å². The molecule has 1 N–H and O–H groups in total. The third kappa shape index (κ3) is 4.62. The van der Waals surface area contributed by atoms with Crippen LogP contribution in [0.4, 0.5) is 5.69 Å². The van der Waals surface area contributed by atoms with E-state index in [9.17, 15) is 13.2 Å². The maximum atomic E-state index is 12.8. The molecule has 0 saturated carbocycles. The molecular weight excluding hydrogens is 372 g/mol. The summed E-state index contributed by atoms with van der Waals surface area (Å²) < 4.78 is 27.1. The number of carbonyl (C=O) groups excluding carboxylic acids is 1. The molecule has 2 aromatic carbocycles. The SMILES string of the molecule is CC(C)CNS(=O)(=O)c1ccc(CCC(=O)N2c3ccccc3C[C@H]2C)cc1. The Bertz CT molecular complexity index is 937. The molecular formula is C22H28N2O3S. The standard InChI is InChI=1S/C22H28N2O3S/c1-16(2)15-23-28(26,27)20-11-8-18(9-12-20)10-13-22(25)24-17(3)14-19-6-4-5-7-21(19)24/h4-9,11-12,16-17,23H,10,13-15H2,1-3H3/t17-/m1/s1. The van der Waals surface area contributed by atoms with Gasteiger partial charge in [0, 0.05) is 24.7 Å². The molecule has 28 heavy (non-hydrogen) atoms. The maximum Gasteiger partial charge on any atom is 0.240 e. The van der Waals surface area contributed by atoms with E-state index >= 15 is 0 Å². The molecule has 1 heterocycles. The summed E-state index contributed by atoms with van der Waals surface area (Å²) in [7, 11) is -3.48. The van der Waals surface area contributed by atoms with Gasteiger partial charge in [-0.1, -0.05) is 44.2 Å². The van der Waals surface area contributed by atoms with Crippen molar-refractivity contribution in [2.75, 3.05) is 11.4 Å². The van der Waals surface area contributed by atoms with Crippen molar-refractivity contribution in [3.63, 3.8) is 0 Å². The van der Waals surface area contributed by atoms with Crippen molar-refractivity contribution < 1.29 is 13.2 Å². The van der Waals surface area contributed by atoms with Crippen molar-refractivity contribution in [2.45, 2.75) is 51.0 Å². The van der Waals surface area contributed by atoms with Crippen LogP contribution in [0.3, 0.4) is 0 Å². The number of carbonyl (C=O) groups is 1. The minimum atomic E-state index is -3.48. The molecule has 1 atom stereocenters. The predicted molar refractivity (Wildman–Crippen MR) is 112 cm³/mol. The first-order valence-corrected chi connectivity index (χ1v) is 11.2. The second-order valence-corrected chi connectivity index (χ2v) is 9.60. The molecule has 1 amide bonds. The lowest BCUT2D eigenvalue weighted by Crippen LogP contribution is -2.35. The van der Waals surface area contributed by atoms with Crippen molar-refractivity contribution in [1.82, 2.24) is 4.72 Å². The minimum absolute atomic E-state index is 0.104. The van der Waals surface area contributed by atoms with E-state index in [2.05, 4.69) is 17.7 Å². The van der Waals surface area contributed by atoms with Gasteiger partial charge in [-0.2, -0.15) is 0 Å². The second kappa shape index (κ2) is 8.45. The lowest BCUT2D eigenvalue weighted by molar-refractivity contribution is -0.118. The quantitative estimate of drug-likeness (QED) is 0.773. The van der Waals surface area contributed by atoms with Crippen LogP contribution in [0.15, 0.2) is 53.4 Å². The number of fused-ring (bicyclic) bond motifs is 1. The molecule has 0 bridgehead atoms. The van der Waals surface area contributed by atoms with Gasteiger partial charge in [-0.3, -0.25) is 4.79 Å². The smallest absolute Gasteiger partial charge is 0.240 e. The topological polar surface area (TPSA) is 66.5 Å². The number of aryl methyl sites for hydroxylation is 1. The Morgan fingerprint density at radius 2 is 1.82 bits per heavy atom. The van der Waals surface area contributed by atoms with Crippen LogP contribution in [0.5, 0.6) is 0 Å². The van der Waals surface area contributed by atoms with Crippen LogP contribution < -0.4 is 9.62 Å². The summed E-state index contributed by atoms with van der Waals surface area (Å²) in [6.07, 6.45) is 1.87. The van der Waals surface area contributed by atoms with Gasteiger partial charge in [-0.15, -0.1) is 0 Å². The number of amides is 1. The Labute approximate surface area is 167 Å². The Kier molecular flexibility index (Phi) is 6.20. The number of para-hydroxylation sites is 1. The number of hydrogen-bond donors (Lipinski definition) is 1. The van der Waals surface area contributed by atoms with E-state index in [1.165, 1.54) is 5.56 Å². The van der Waals surface area contributed by atoms with Crippen molar-refractivity contribution >= 4 is 21.6 Å². The van der Waals surface area contributed by atoms with Crippen LogP contribution in [0.2, 0.25) is 0 Å². The molecule has 0 saturated heterocycles. The fourth-order valence-electron chi connectivity index (χ4n) is 3.51. The average molecular weight is 401 g/mol. The van der Waals surface area contributed by atoms with E-state index in [0.29, 0.717) is 19.4 Å². The third-order valence-electron chi connectivity index (χ3n) is 5.02. The Hall–Kier alpha value is -2.18. The van der Waals surface area contributed by atoms with E-state index < -0.39 is 10.0 Å². The summed E-state index contributed by atoms with van der Waals surface area (Å²) in [6.45, 7) is 6.40. The zero-order valence-corrected chi connectivity index (χ0v) is 17.5. The number of sulfonamides is 1. The van der Waals surface area contributed by atoms with Gasteiger partial charge >= 0.3 is 0 Å². The molecule has 0 fully saturated rings. The van der Waals surface area contributed by atoms with Gasteiger partial charge in [0.1, 0.15) is 0 Å². The number of nitrogens with one attached hydrogen (secondary N) is 1. The highest BCUT2D eigenvalue weighted by Crippen LogP contribution is 2.32. The van der Waals surface area contributed by atoms with Crippen LogP contribution in [-0.4, -0.2) is 26.9 Å². The van der Waals surface area contributed by atoms with E-state index in [0.717, 1.165) is 17.7 Å². The number of anilines is 1. The van der Waals surface area contributed by atoms with Crippen LogP contribution >= 0.6 is 0 Å². The van der Waals surface area contributed by atoms with Gasteiger partial charge in [0.15, 0.2) is 0 Å². The number of hydrogen-bond acceptors (Lipinski definition) is 3. The highest BCUT2D eigenvalue weighted by Gasteiger charge is 2.30. The summed E-state index contributed by atoms with van der Waals surface area (Å²) in [5.74, 6) is 0.353. The average Bonchev–Trinajstić information content (AvgIpc) is 3.00. The van der Waals surface area contributed by atoms with Gasteiger partial charge < -0.3 is 4.90 Å². The fourth-order valence-corrected chi connectivity index (χ4v) is 4.73. The summed E-state index contributed by atoms with van der Waals surface area (Å²) in [5, 5.41) is 0. The molecule has 150 valence electrons. The molecule has 0 radical (unpaired) electrons. The lowest BCUT2D eigenvalue weighted by atomic mass is 10.1. The van der Waals surface area contributed by atoms with Crippen LogP contribution in [0, 0.1) is 5.92 Å². The molecule has 5 nitrogen and oxygen atoms in total. The van der Waals surface area contributed by atoms with Gasteiger partial charge in [-0.25, -0.2) is 13.1 Å². The molecule has 0 aliphatic carbocycles. The molecule has 2 aromatic rings. The Morgan fingerprint density at radius 3 is 2.50 bits per heavy atom. The molecule has 0 spiro atoms. The predicted octanol–water partition coefficient (Wildman–Crippen LogP) is 3.53. The molecule has 3 rings (SSSR count). The first kappa shape index (κ1) is 20.6. The fraction of sp³-hybridized carbons (Fsp3) is 0.409. The lowest BCUT2D eigenvalue weighted by Gasteiger charge is -2.22. The van der Waals surface area contributed by atoms with E-state index in [1.807, 2.05) is 36.9 Å². The zero-order chi connectivity index (χ0) is 20.3. The van der Waals surface area contributed by atoms with E-state index in [4.69, 9.17) is 0 Å². The molecule has 1 aliphatic rings. The highest BCUT2D eigenvalue weighted by atomic mass is 32.2. The molecule has 1 aliphatic heterocycles. The van der Waals surface area contributed by atoms with Crippen molar-refractivity contribution in [2.24, 2.45) is 5.92 Å². The van der Waals surface area contributed by atoms with Crippen LogP contribution in [-0.2, 0) is 27.7 Å².